The van der Waals surface area contributed by atoms with Crippen molar-refractivity contribution in [3.05, 3.63) is 59.7 Å². The molecule has 1 heterocycles. The monoisotopic (exact) mass is 412 g/mol. The van der Waals surface area contributed by atoms with Crippen LogP contribution in [0.15, 0.2) is 53.4 Å². The first kappa shape index (κ1) is 21.2. The van der Waals surface area contributed by atoms with E-state index in [1.807, 2.05) is 42.5 Å². The first-order chi connectivity index (χ1) is 14.1. The minimum absolute atomic E-state index is 0.0144. The number of amides is 2. The molecule has 29 heavy (non-hydrogen) atoms. The maximum Gasteiger partial charge on any atom is 0.260 e. The number of benzene rings is 2. The predicted molar refractivity (Wildman–Crippen MR) is 117 cm³/mol. The van der Waals surface area contributed by atoms with Crippen molar-refractivity contribution >= 4 is 24.4 Å². The first-order valence-corrected chi connectivity index (χ1v) is 10.6. The summed E-state index contributed by atoms with van der Waals surface area (Å²) in [7, 11) is 0. The van der Waals surface area contributed by atoms with Crippen LogP contribution in [0, 0.1) is 0 Å². The summed E-state index contributed by atoms with van der Waals surface area (Å²) in [6, 6.07) is 15.2. The van der Waals surface area contributed by atoms with Crippen molar-refractivity contribution in [2.75, 3.05) is 32.8 Å². The second kappa shape index (κ2) is 10.3. The highest BCUT2D eigenvalue weighted by Crippen LogP contribution is 2.17. The van der Waals surface area contributed by atoms with E-state index in [-0.39, 0.29) is 18.4 Å². The van der Waals surface area contributed by atoms with Gasteiger partial charge in [0.25, 0.3) is 11.8 Å². The van der Waals surface area contributed by atoms with E-state index < -0.39 is 0 Å². The normalized spacial score (nSPS) is 14.4. The number of hydrogen-bond donors (Lipinski definition) is 1. The zero-order chi connectivity index (χ0) is 20.6. The van der Waals surface area contributed by atoms with Gasteiger partial charge in [0.15, 0.2) is 6.61 Å². The molecule has 6 heteroatoms. The van der Waals surface area contributed by atoms with Gasteiger partial charge in [0.05, 0.1) is 5.56 Å². The van der Waals surface area contributed by atoms with E-state index >= 15 is 0 Å². The molecule has 0 saturated carbocycles. The van der Waals surface area contributed by atoms with Crippen LogP contribution in [0.2, 0.25) is 0 Å². The number of thiol groups is 1. The molecule has 5 nitrogen and oxygen atoms in total. The Labute approximate surface area is 178 Å². The SMILES string of the molecule is CCCc1ccc(OCC(=O)N2CCCN(C(=O)c3ccccc3S)CC2)cc1. The van der Waals surface area contributed by atoms with Crippen LogP contribution in [0.1, 0.15) is 35.7 Å². The second-order valence-corrected chi connectivity index (χ2v) is 7.71. The Kier molecular flexibility index (Phi) is 7.58. The molecule has 1 aliphatic heterocycles. The Hall–Kier alpha value is -2.47. The highest BCUT2D eigenvalue weighted by molar-refractivity contribution is 7.80. The quantitative estimate of drug-likeness (QED) is 0.737. The Morgan fingerprint density at radius 3 is 2.38 bits per heavy atom. The lowest BCUT2D eigenvalue weighted by atomic mass is 10.1. The lowest BCUT2D eigenvalue weighted by Gasteiger charge is -2.22. The molecule has 0 atom stereocenters. The summed E-state index contributed by atoms with van der Waals surface area (Å²) in [5.74, 6) is 0.620. The number of nitrogens with zero attached hydrogens (tertiary/aromatic N) is 2. The highest BCUT2D eigenvalue weighted by atomic mass is 32.1. The molecule has 0 aromatic heterocycles. The molecule has 0 N–H and O–H groups in total. The van der Waals surface area contributed by atoms with Gasteiger partial charge >= 0.3 is 0 Å². The van der Waals surface area contributed by atoms with Crippen LogP contribution in [-0.2, 0) is 11.2 Å². The summed E-state index contributed by atoms with van der Waals surface area (Å²) in [6.45, 7) is 4.45. The van der Waals surface area contributed by atoms with Crippen LogP contribution in [-0.4, -0.2) is 54.4 Å². The van der Waals surface area contributed by atoms with Gasteiger partial charge in [-0.3, -0.25) is 9.59 Å². The van der Waals surface area contributed by atoms with Crippen LogP contribution in [0.3, 0.4) is 0 Å². The van der Waals surface area contributed by atoms with Crippen LogP contribution >= 0.6 is 12.6 Å². The van der Waals surface area contributed by atoms with E-state index in [0.29, 0.717) is 42.4 Å². The standard InChI is InChI=1S/C23H28N2O3S/c1-2-6-18-9-11-19(12-10-18)28-17-22(26)24-13-5-14-25(16-15-24)23(27)20-7-3-4-8-21(20)29/h3-4,7-12,29H,2,5-6,13-17H2,1H3. The van der Waals surface area contributed by atoms with Gasteiger partial charge in [-0.25, -0.2) is 0 Å². The smallest absolute Gasteiger partial charge is 0.260 e. The average Bonchev–Trinajstić information content (AvgIpc) is 2.99. The van der Waals surface area contributed by atoms with Crippen LogP contribution in [0.25, 0.3) is 0 Å². The molecule has 2 aromatic carbocycles. The minimum Gasteiger partial charge on any atom is -0.484 e. The summed E-state index contributed by atoms with van der Waals surface area (Å²) in [5, 5.41) is 0. The minimum atomic E-state index is -0.0495. The van der Waals surface area contributed by atoms with Crippen LogP contribution in [0.5, 0.6) is 5.75 Å². The number of hydrogen-bond acceptors (Lipinski definition) is 4. The van der Waals surface area contributed by atoms with E-state index in [9.17, 15) is 9.59 Å². The molecule has 1 fully saturated rings. The predicted octanol–water partition coefficient (Wildman–Crippen LogP) is 3.68. The van der Waals surface area contributed by atoms with Gasteiger partial charge in [-0.15, -0.1) is 12.6 Å². The molecule has 2 aromatic rings. The highest BCUT2D eigenvalue weighted by Gasteiger charge is 2.23. The fourth-order valence-electron chi connectivity index (χ4n) is 3.47. The average molecular weight is 413 g/mol. The molecule has 0 spiro atoms. The third-order valence-corrected chi connectivity index (χ3v) is 5.48. The van der Waals surface area contributed by atoms with Gasteiger partial charge in [-0.1, -0.05) is 37.6 Å². The van der Waals surface area contributed by atoms with E-state index in [1.165, 1.54) is 5.56 Å². The topological polar surface area (TPSA) is 49.9 Å². The van der Waals surface area contributed by atoms with Crippen LogP contribution in [0.4, 0.5) is 0 Å². The zero-order valence-corrected chi connectivity index (χ0v) is 17.7. The maximum absolute atomic E-state index is 12.8. The first-order valence-electron chi connectivity index (χ1n) is 10.1. The molecule has 3 rings (SSSR count). The molecule has 1 aliphatic rings. The van der Waals surface area contributed by atoms with Crippen molar-refractivity contribution in [1.82, 2.24) is 9.80 Å². The Bertz CT molecular complexity index is 838. The van der Waals surface area contributed by atoms with E-state index in [2.05, 4.69) is 19.6 Å². The molecule has 154 valence electrons. The van der Waals surface area contributed by atoms with Gasteiger partial charge in [0, 0.05) is 31.1 Å². The summed E-state index contributed by atoms with van der Waals surface area (Å²) in [4.78, 5) is 29.6. The molecule has 2 amide bonds. The van der Waals surface area contributed by atoms with Gasteiger partial charge < -0.3 is 14.5 Å². The summed E-state index contributed by atoms with van der Waals surface area (Å²) in [6.07, 6.45) is 2.89. The number of rotatable bonds is 6. The van der Waals surface area contributed by atoms with Gasteiger partial charge in [0.1, 0.15) is 5.75 Å². The third-order valence-electron chi connectivity index (χ3n) is 5.09. The van der Waals surface area contributed by atoms with Crippen molar-refractivity contribution in [1.29, 1.82) is 0 Å². The summed E-state index contributed by atoms with van der Waals surface area (Å²) < 4.78 is 5.67. The van der Waals surface area contributed by atoms with E-state index in [0.717, 1.165) is 19.3 Å². The fraction of sp³-hybridized carbons (Fsp3) is 0.391. The Morgan fingerprint density at radius 1 is 0.966 bits per heavy atom. The van der Waals surface area contributed by atoms with E-state index in [4.69, 9.17) is 4.74 Å². The van der Waals surface area contributed by atoms with Gasteiger partial charge in [-0.05, 0) is 42.7 Å². The summed E-state index contributed by atoms with van der Waals surface area (Å²) >= 11 is 4.39. The van der Waals surface area contributed by atoms with Gasteiger partial charge in [-0.2, -0.15) is 0 Å². The third kappa shape index (κ3) is 5.76. The molecular weight excluding hydrogens is 384 g/mol. The maximum atomic E-state index is 12.8. The number of carbonyl (C=O) groups excluding carboxylic acids is 2. The fourth-order valence-corrected chi connectivity index (χ4v) is 3.73. The number of ether oxygens (including phenoxy) is 1. The molecule has 0 aliphatic carbocycles. The Morgan fingerprint density at radius 2 is 1.66 bits per heavy atom. The second-order valence-electron chi connectivity index (χ2n) is 7.23. The molecule has 0 radical (unpaired) electrons. The number of carbonyl (C=O) groups is 2. The molecule has 0 unspecified atom stereocenters. The van der Waals surface area contributed by atoms with Crippen molar-refractivity contribution in [3.63, 3.8) is 0 Å². The van der Waals surface area contributed by atoms with E-state index in [1.54, 1.807) is 15.9 Å². The van der Waals surface area contributed by atoms with Crippen molar-refractivity contribution in [2.24, 2.45) is 0 Å². The van der Waals surface area contributed by atoms with Gasteiger partial charge in [0.2, 0.25) is 0 Å². The van der Waals surface area contributed by atoms with Crippen molar-refractivity contribution in [2.45, 2.75) is 31.1 Å². The zero-order valence-electron chi connectivity index (χ0n) is 16.8. The lowest BCUT2D eigenvalue weighted by Crippen LogP contribution is -2.39. The Balaban J connectivity index is 1.51. The largest absolute Gasteiger partial charge is 0.484 e. The lowest BCUT2D eigenvalue weighted by molar-refractivity contribution is -0.133. The molecule has 1 saturated heterocycles. The van der Waals surface area contributed by atoms with Crippen molar-refractivity contribution < 1.29 is 14.3 Å². The molecular formula is C23H28N2O3S. The van der Waals surface area contributed by atoms with Crippen LogP contribution < -0.4 is 4.74 Å². The number of aryl methyl sites for hydroxylation is 1. The van der Waals surface area contributed by atoms with Crippen molar-refractivity contribution in [3.8, 4) is 5.75 Å². The molecule has 0 bridgehead atoms. The summed E-state index contributed by atoms with van der Waals surface area (Å²) in [5.41, 5.74) is 1.87.